The summed E-state index contributed by atoms with van der Waals surface area (Å²) in [7, 11) is -2.94. The Labute approximate surface area is 125 Å². The van der Waals surface area contributed by atoms with Crippen LogP contribution in [0.15, 0.2) is 0 Å². The average Bonchev–Trinajstić information content (AvgIpc) is 2.37. The third-order valence-corrected chi connectivity index (χ3v) is 6.41. The number of ether oxygens (including phenoxy) is 1. The lowest BCUT2D eigenvalue weighted by Gasteiger charge is -2.44. The van der Waals surface area contributed by atoms with E-state index in [-0.39, 0.29) is 6.42 Å². The van der Waals surface area contributed by atoms with Gasteiger partial charge in [0.1, 0.15) is 0 Å². The molecule has 1 rings (SSSR count). The summed E-state index contributed by atoms with van der Waals surface area (Å²) < 4.78 is 60.5. The Morgan fingerprint density at radius 2 is 1.71 bits per heavy atom. The molecule has 1 aliphatic rings. The van der Waals surface area contributed by atoms with Crippen molar-refractivity contribution in [2.24, 2.45) is 0 Å². The summed E-state index contributed by atoms with van der Waals surface area (Å²) in [4.78, 5) is 0. The molecular formula is C13H25F3O4Si. The minimum atomic E-state index is -4.23. The quantitative estimate of drug-likeness (QED) is 0.633. The second-order valence-electron chi connectivity index (χ2n) is 4.96. The van der Waals surface area contributed by atoms with E-state index < -0.39 is 27.2 Å². The van der Waals surface area contributed by atoms with Crippen molar-refractivity contribution in [3.8, 4) is 0 Å². The van der Waals surface area contributed by atoms with Crippen molar-refractivity contribution in [3.05, 3.63) is 0 Å². The summed E-state index contributed by atoms with van der Waals surface area (Å²) in [5, 5.41) is 0. The molecule has 1 atom stereocenters. The van der Waals surface area contributed by atoms with E-state index in [1.807, 2.05) is 13.8 Å². The molecule has 0 bridgehead atoms. The molecule has 0 aromatic carbocycles. The number of alkyl halides is 3. The molecule has 1 aliphatic heterocycles. The third-order valence-electron chi connectivity index (χ3n) is 3.31. The van der Waals surface area contributed by atoms with Crippen molar-refractivity contribution < 1.29 is 31.2 Å². The molecule has 0 aromatic heterocycles. The molecule has 0 radical (unpaired) electrons. The molecule has 4 nitrogen and oxygen atoms in total. The van der Waals surface area contributed by atoms with Crippen molar-refractivity contribution in [3.63, 3.8) is 0 Å². The molecule has 126 valence electrons. The fourth-order valence-corrected chi connectivity index (χ4v) is 5.50. The topological polar surface area (TPSA) is 36.9 Å². The minimum absolute atomic E-state index is 0.223. The molecule has 0 N–H and O–H groups in total. The minimum Gasteiger partial charge on any atom is -0.374 e. The van der Waals surface area contributed by atoms with Gasteiger partial charge in [0.05, 0.1) is 0 Å². The molecule has 1 heterocycles. The Morgan fingerprint density at radius 3 is 2.19 bits per heavy atom. The molecule has 0 saturated carbocycles. The van der Waals surface area contributed by atoms with Crippen LogP contribution in [0.25, 0.3) is 0 Å². The van der Waals surface area contributed by atoms with Crippen LogP contribution in [-0.2, 0) is 18.0 Å². The lowest BCUT2D eigenvalue weighted by Crippen LogP contribution is -2.57. The van der Waals surface area contributed by atoms with Crippen LogP contribution in [-0.4, -0.2) is 40.6 Å². The largest absolute Gasteiger partial charge is 0.503 e. The lowest BCUT2D eigenvalue weighted by atomic mass is 10.0. The maximum absolute atomic E-state index is 12.5. The van der Waals surface area contributed by atoms with Crippen molar-refractivity contribution in [2.75, 3.05) is 19.8 Å². The van der Waals surface area contributed by atoms with Gasteiger partial charge in [0, 0.05) is 45.1 Å². The zero-order chi connectivity index (χ0) is 16.0. The molecule has 0 aliphatic carbocycles. The molecule has 1 saturated heterocycles. The summed E-state index contributed by atoms with van der Waals surface area (Å²) in [5.74, 6) is -1.24. The maximum Gasteiger partial charge on any atom is 0.503 e. The maximum atomic E-state index is 12.5. The van der Waals surface area contributed by atoms with Crippen molar-refractivity contribution in [1.82, 2.24) is 0 Å². The van der Waals surface area contributed by atoms with Gasteiger partial charge in [0.15, 0.2) is 5.79 Å². The zero-order valence-corrected chi connectivity index (χ0v) is 13.9. The number of halogens is 3. The fourth-order valence-electron chi connectivity index (χ4n) is 2.59. The molecule has 0 spiro atoms. The number of hydrogen-bond donors (Lipinski definition) is 0. The summed E-state index contributed by atoms with van der Waals surface area (Å²) in [6.45, 7) is 6.51. The van der Waals surface area contributed by atoms with Crippen molar-refractivity contribution in [1.29, 1.82) is 0 Å². The van der Waals surface area contributed by atoms with E-state index in [1.165, 1.54) is 0 Å². The van der Waals surface area contributed by atoms with Gasteiger partial charge in [-0.2, -0.15) is 13.2 Å². The fraction of sp³-hybridized carbons (Fsp3) is 1.00. The van der Waals surface area contributed by atoms with Gasteiger partial charge >= 0.3 is 15.0 Å². The first-order valence-electron chi connectivity index (χ1n) is 7.49. The van der Waals surface area contributed by atoms with E-state index in [0.29, 0.717) is 38.7 Å². The predicted octanol–water partition coefficient (Wildman–Crippen LogP) is 3.88. The second kappa shape index (κ2) is 7.91. The summed E-state index contributed by atoms with van der Waals surface area (Å²) in [6.07, 6.45) is -4.27. The summed E-state index contributed by atoms with van der Waals surface area (Å²) in [6, 6.07) is 0.621. The van der Waals surface area contributed by atoms with Crippen LogP contribution in [0, 0.1) is 0 Å². The zero-order valence-electron chi connectivity index (χ0n) is 12.9. The Bertz CT molecular complexity index is 299. The highest BCUT2D eigenvalue weighted by Crippen LogP contribution is 2.40. The number of rotatable bonds is 8. The van der Waals surface area contributed by atoms with Crippen LogP contribution in [0.5, 0.6) is 0 Å². The normalized spacial score (nSPS) is 26.0. The molecule has 1 fully saturated rings. The summed E-state index contributed by atoms with van der Waals surface area (Å²) in [5.41, 5.74) is 0. The predicted molar refractivity (Wildman–Crippen MR) is 73.8 cm³/mol. The Morgan fingerprint density at radius 1 is 1.10 bits per heavy atom. The van der Waals surface area contributed by atoms with Gasteiger partial charge < -0.3 is 18.0 Å². The molecule has 1 unspecified atom stereocenters. The van der Waals surface area contributed by atoms with Gasteiger partial charge in [0.2, 0.25) is 0 Å². The highest BCUT2D eigenvalue weighted by Gasteiger charge is 2.53. The van der Waals surface area contributed by atoms with Crippen LogP contribution < -0.4 is 0 Å². The SMILES string of the molecule is CCOC1(CCC(F)(F)F)CCC[Si](OCC)(OCC)O1. The molecular weight excluding hydrogens is 305 g/mol. The van der Waals surface area contributed by atoms with Gasteiger partial charge in [-0.1, -0.05) is 0 Å². The second-order valence-corrected chi connectivity index (χ2v) is 7.61. The standard InChI is InChI=1S/C13H25F3O4Si/c1-4-17-12(9-10-13(14,15)16)8-7-11-21(20-12,18-5-2)19-6-3/h4-11H2,1-3H3. The van der Waals surface area contributed by atoms with Crippen LogP contribution >= 0.6 is 0 Å². The van der Waals surface area contributed by atoms with Crippen LogP contribution in [0.2, 0.25) is 6.04 Å². The van der Waals surface area contributed by atoms with E-state index in [4.69, 9.17) is 18.0 Å². The monoisotopic (exact) mass is 330 g/mol. The van der Waals surface area contributed by atoms with Gasteiger partial charge in [-0.25, -0.2) is 0 Å². The Hall–Kier alpha value is -0.153. The van der Waals surface area contributed by atoms with Crippen molar-refractivity contribution in [2.45, 2.75) is 64.5 Å². The van der Waals surface area contributed by atoms with E-state index in [0.717, 1.165) is 0 Å². The van der Waals surface area contributed by atoms with Gasteiger partial charge in [0.25, 0.3) is 0 Å². The molecule has 0 aromatic rings. The van der Waals surface area contributed by atoms with Crippen LogP contribution in [0.4, 0.5) is 13.2 Å². The highest BCUT2D eigenvalue weighted by atomic mass is 28.4. The van der Waals surface area contributed by atoms with Gasteiger partial charge in [-0.15, -0.1) is 0 Å². The van der Waals surface area contributed by atoms with Gasteiger partial charge in [-0.3, -0.25) is 0 Å². The first-order valence-corrected chi connectivity index (χ1v) is 9.42. The highest BCUT2D eigenvalue weighted by molar-refractivity contribution is 6.61. The van der Waals surface area contributed by atoms with Crippen LogP contribution in [0.3, 0.4) is 0 Å². The van der Waals surface area contributed by atoms with E-state index in [1.54, 1.807) is 6.92 Å². The Balaban J connectivity index is 2.85. The van der Waals surface area contributed by atoms with Gasteiger partial charge in [-0.05, 0) is 27.2 Å². The third kappa shape index (κ3) is 5.86. The average molecular weight is 330 g/mol. The van der Waals surface area contributed by atoms with Crippen LogP contribution in [0.1, 0.15) is 46.5 Å². The van der Waals surface area contributed by atoms with E-state index in [2.05, 4.69) is 0 Å². The molecule has 21 heavy (non-hydrogen) atoms. The lowest BCUT2D eigenvalue weighted by molar-refractivity contribution is -0.241. The first kappa shape index (κ1) is 18.9. The molecule has 0 amide bonds. The number of hydrogen-bond acceptors (Lipinski definition) is 4. The molecule has 8 heteroatoms. The first-order chi connectivity index (χ1) is 9.80. The van der Waals surface area contributed by atoms with Crippen molar-refractivity contribution >= 4 is 8.80 Å². The smallest absolute Gasteiger partial charge is 0.374 e. The summed E-state index contributed by atoms with van der Waals surface area (Å²) >= 11 is 0. The Kier molecular flexibility index (Phi) is 7.12. The van der Waals surface area contributed by atoms with E-state index in [9.17, 15) is 13.2 Å². The van der Waals surface area contributed by atoms with E-state index >= 15 is 0 Å².